The molecule has 2 aromatic carbocycles. The Labute approximate surface area is 178 Å². The van der Waals surface area contributed by atoms with Crippen LogP contribution in [0, 0.1) is 6.92 Å². The molecule has 1 amide bonds. The van der Waals surface area contributed by atoms with Gasteiger partial charge in [0.15, 0.2) is 0 Å². The van der Waals surface area contributed by atoms with Crippen molar-refractivity contribution in [1.29, 1.82) is 0 Å². The number of fused-ring (bicyclic) bond motifs is 1. The largest absolute Gasteiger partial charge is 0.331 e. The number of nitrogens with one attached hydrogen (secondary N) is 1. The van der Waals surface area contributed by atoms with Crippen molar-refractivity contribution < 1.29 is 13.2 Å². The summed E-state index contributed by atoms with van der Waals surface area (Å²) >= 11 is 3.44. The number of hydrogen-bond donors (Lipinski definition) is 1. The molecule has 0 fully saturated rings. The molecule has 0 radical (unpaired) electrons. The lowest BCUT2D eigenvalue weighted by atomic mass is 10.2. The maximum Gasteiger partial charge on any atom is 0.242 e. The van der Waals surface area contributed by atoms with Crippen LogP contribution >= 0.6 is 15.9 Å². The Hall–Kier alpha value is -2.23. The van der Waals surface area contributed by atoms with E-state index in [-0.39, 0.29) is 17.2 Å². The van der Waals surface area contributed by atoms with Gasteiger partial charge >= 0.3 is 0 Å². The Kier molecular flexibility index (Phi) is 6.11. The monoisotopic (exact) mass is 478 g/mol. The van der Waals surface area contributed by atoms with Crippen LogP contribution in [0.15, 0.2) is 45.8 Å². The number of hydrogen-bond acceptors (Lipinski definition) is 4. The summed E-state index contributed by atoms with van der Waals surface area (Å²) in [6.07, 6.45) is 0.720. The second-order valence-corrected chi connectivity index (χ2v) is 10.0. The number of aromatic nitrogens is 2. The van der Waals surface area contributed by atoms with Gasteiger partial charge < -0.3 is 9.88 Å². The summed E-state index contributed by atoms with van der Waals surface area (Å²) in [6, 6.07) is 10.5. The summed E-state index contributed by atoms with van der Waals surface area (Å²) in [4.78, 5) is 17.1. The number of amides is 1. The smallest absolute Gasteiger partial charge is 0.242 e. The number of rotatable bonds is 6. The van der Waals surface area contributed by atoms with Crippen LogP contribution in [-0.2, 0) is 28.3 Å². The normalized spacial score (nSPS) is 11.9. The molecule has 0 saturated carbocycles. The molecule has 3 aromatic rings. The first-order valence-corrected chi connectivity index (χ1v) is 11.3. The molecule has 1 N–H and O–H groups in total. The van der Waals surface area contributed by atoms with Gasteiger partial charge in [0, 0.05) is 44.1 Å². The average molecular weight is 479 g/mol. The minimum Gasteiger partial charge on any atom is -0.331 e. The molecule has 0 atom stereocenters. The van der Waals surface area contributed by atoms with Crippen LogP contribution in [0.3, 0.4) is 0 Å². The maximum atomic E-state index is 12.3. The van der Waals surface area contributed by atoms with E-state index in [9.17, 15) is 13.2 Å². The summed E-state index contributed by atoms with van der Waals surface area (Å²) in [5.41, 5.74) is 3.21. The fraction of sp³-hybridized carbons (Fsp3) is 0.300. The summed E-state index contributed by atoms with van der Waals surface area (Å²) in [7, 11) is 1.33. The van der Waals surface area contributed by atoms with E-state index in [4.69, 9.17) is 0 Å². The molecule has 154 valence electrons. The Bertz CT molecular complexity index is 1190. The van der Waals surface area contributed by atoms with Crippen molar-refractivity contribution in [2.24, 2.45) is 7.05 Å². The van der Waals surface area contributed by atoms with E-state index < -0.39 is 10.0 Å². The van der Waals surface area contributed by atoms with E-state index in [0.29, 0.717) is 11.9 Å². The topological polar surface area (TPSA) is 84.3 Å². The Morgan fingerprint density at radius 3 is 2.59 bits per heavy atom. The number of sulfonamides is 1. The van der Waals surface area contributed by atoms with Gasteiger partial charge in [-0.05, 0) is 48.9 Å². The van der Waals surface area contributed by atoms with E-state index in [1.165, 1.54) is 18.4 Å². The van der Waals surface area contributed by atoms with Crippen molar-refractivity contribution >= 4 is 48.6 Å². The second-order valence-electron chi connectivity index (χ2n) is 7.04. The minimum atomic E-state index is -3.52. The van der Waals surface area contributed by atoms with Crippen molar-refractivity contribution in [3.05, 3.63) is 52.3 Å². The molecule has 9 heteroatoms. The fourth-order valence-corrected chi connectivity index (χ4v) is 4.16. The van der Waals surface area contributed by atoms with Gasteiger partial charge in [0.05, 0.1) is 15.9 Å². The van der Waals surface area contributed by atoms with Crippen molar-refractivity contribution in [2.75, 3.05) is 19.4 Å². The van der Waals surface area contributed by atoms with Crippen molar-refractivity contribution in [1.82, 2.24) is 13.9 Å². The highest BCUT2D eigenvalue weighted by atomic mass is 79.9. The van der Waals surface area contributed by atoms with Gasteiger partial charge in [-0.3, -0.25) is 4.79 Å². The van der Waals surface area contributed by atoms with E-state index in [1.807, 2.05) is 36.7 Å². The highest BCUT2D eigenvalue weighted by molar-refractivity contribution is 9.10. The standard InChI is InChI=1S/C20H23BrN4O3S/c1-13-11-14(5-7-16(13)21)22-20(26)10-9-19-23-17-12-15(29(27,28)24(2)3)6-8-18(17)25(19)4/h5-8,11-12H,9-10H2,1-4H3,(H,22,26). The Balaban J connectivity index is 1.75. The zero-order valence-corrected chi connectivity index (χ0v) is 19.1. The maximum absolute atomic E-state index is 12.3. The lowest BCUT2D eigenvalue weighted by Gasteiger charge is -2.10. The number of nitrogens with zero attached hydrogens (tertiary/aromatic N) is 3. The quantitative estimate of drug-likeness (QED) is 0.587. The Morgan fingerprint density at radius 1 is 1.21 bits per heavy atom. The highest BCUT2D eigenvalue weighted by Gasteiger charge is 2.19. The van der Waals surface area contributed by atoms with Crippen LogP contribution in [0.25, 0.3) is 11.0 Å². The third-order valence-corrected chi connectivity index (χ3v) is 7.44. The van der Waals surface area contributed by atoms with Crippen LogP contribution in [0.1, 0.15) is 17.8 Å². The predicted molar refractivity (Wildman–Crippen MR) is 117 cm³/mol. The molecule has 0 aliphatic carbocycles. The zero-order valence-electron chi connectivity index (χ0n) is 16.7. The summed E-state index contributed by atoms with van der Waals surface area (Å²) in [5, 5.41) is 2.89. The van der Waals surface area contributed by atoms with E-state index >= 15 is 0 Å². The molecular weight excluding hydrogens is 456 g/mol. The molecule has 0 spiro atoms. The SMILES string of the molecule is Cc1cc(NC(=O)CCc2nc3cc(S(=O)(=O)N(C)C)ccc3n2C)ccc1Br. The van der Waals surface area contributed by atoms with Crippen molar-refractivity contribution in [3.8, 4) is 0 Å². The molecular formula is C20H23BrN4O3S. The number of halogens is 1. The number of imidazole rings is 1. The fourth-order valence-electron chi connectivity index (χ4n) is 3.00. The number of anilines is 1. The van der Waals surface area contributed by atoms with Crippen LogP contribution in [0.2, 0.25) is 0 Å². The first kappa shape index (κ1) is 21.5. The summed E-state index contributed by atoms with van der Waals surface area (Å²) in [5.74, 6) is 0.621. The molecule has 0 unspecified atom stereocenters. The van der Waals surface area contributed by atoms with E-state index in [2.05, 4.69) is 26.2 Å². The molecule has 0 saturated heterocycles. The molecule has 0 bridgehead atoms. The molecule has 3 rings (SSSR count). The molecule has 0 aliphatic heterocycles. The first-order chi connectivity index (χ1) is 13.6. The van der Waals surface area contributed by atoms with Gasteiger partial charge in [0.1, 0.15) is 5.82 Å². The molecule has 29 heavy (non-hydrogen) atoms. The van der Waals surface area contributed by atoms with E-state index in [1.54, 1.807) is 18.2 Å². The number of carbonyl (C=O) groups excluding carboxylic acids is 1. The molecule has 1 heterocycles. The van der Waals surface area contributed by atoms with Gasteiger partial charge in [-0.2, -0.15) is 0 Å². The van der Waals surface area contributed by atoms with Crippen molar-refractivity contribution in [2.45, 2.75) is 24.7 Å². The lowest BCUT2D eigenvalue weighted by Crippen LogP contribution is -2.22. The van der Waals surface area contributed by atoms with E-state index in [0.717, 1.165) is 27.1 Å². The average Bonchev–Trinajstić information content (AvgIpc) is 2.98. The van der Waals surface area contributed by atoms with Crippen molar-refractivity contribution in [3.63, 3.8) is 0 Å². The predicted octanol–water partition coefficient (Wildman–Crippen LogP) is 3.47. The highest BCUT2D eigenvalue weighted by Crippen LogP contribution is 2.23. The number of benzene rings is 2. The van der Waals surface area contributed by atoms with Crippen LogP contribution in [0.5, 0.6) is 0 Å². The first-order valence-electron chi connectivity index (χ1n) is 9.03. The van der Waals surface area contributed by atoms with Crippen LogP contribution in [-0.4, -0.2) is 42.3 Å². The third-order valence-electron chi connectivity index (χ3n) is 4.74. The summed E-state index contributed by atoms with van der Waals surface area (Å²) in [6.45, 7) is 1.96. The third kappa shape index (κ3) is 4.52. The number of aryl methyl sites for hydroxylation is 3. The second kappa shape index (κ2) is 8.25. The molecule has 0 aliphatic rings. The lowest BCUT2D eigenvalue weighted by molar-refractivity contribution is -0.116. The number of carbonyl (C=O) groups is 1. The summed E-state index contributed by atoms with van der Waals surface area (Å²) < 4.78 is 28.7. The minimum absolute atomic E-state index is 0.102. The Morgan fingerprint density at radius 2 is 1.93 bits per heavy atom. The van der Waals surface area contributed by atoms with Gasteiger partial charge in [0.2, 0.25) is 15.9 Å². The molecule has 1 aromatic heterocycles. The zero-order chi connectivity index (χ0) is 21.3. The van der Waals surface area contributed by atoms with Crippen LogP contribution in [0.4, 0.5) is 5.69 Å². The molecule has 7 nitrogen and oxygen atoms in total. The van der Waals surface area contributed by atoms with Gasteiger partial charge in [0.25, 0.3) is 0 Å². The van der Waals surface area contributed by atoms with Gasteiger partial charge in [-0.25, -0.2) is 17.7 Å². The van der Waals surface area contributed by atoms with Gasteiger partial charge in [-0.15, -0.1) is 0 Å². The van der Waals surface area contributed by atoms with Gasteiger partial charge in [-0.1, -0.05) is 15.9 Å². The van der Waals surface area contributed by atoms with Crippen LogP contribution < -0.4 is 5.32 Å².